The Balaban J connectivity index is 1.49. The topological polar surface area (TPSA) is 74.8 Å². The number of piperidine rings is 1. The largest absolute Gasteiger partial charge is 0.342 e. The van der Waals surface area contributed by atoms with Crippen LogP contribution in [0.25, 0.3) is 11.2 Å². The summed E-state index contributed by atoms with van der Waals surface area (Å²) in [6, 6.07) is 6.09. The molecule has 1 fully saturated rings. The summed E-state index contributed by atoms with van der Waals surface area (Å²) in [6.07, 6.45) is 5.47. The van der Waals surface area contributed by atoms with E-state index in [-0.39, 0.29) is 24.1 Å². The molecule has 6 nitrogen and oxygen atoms in total. The third kappa shape index (κ3) is 3.22. The van der Waals surface area contributed by atoms with E-state index in [1.807, 2.05) is 4.90 Å². The highest BCUT2D eigenvalue weighted by atomic mass is 19.1. The summed E-state index contributed by atoms with van der Waals surface area (Å²) in [7, 11) is 0. The fourth-order valence-electron chi connectivity index (χ4n) is 3.38. The van der Waals surface area contributed by atoms with E-state index < -0.39 is 0 Å². The number of halogens is 1. The molecule has 1 saturated heterocycles. The van der Waals surface area contributed by atoms with Crippen molar-refractivity contribution in [3.8, 4) is 0 Å². The van der Waals surface area contributed by atoms with Gasteiger partial charge in [-0.25, -0.2) is 14.4 Å². The molecule has 0 spiro atoms. The number of hydrogen-bond acceptors (Lipinski definition) is 4. The van der Waals surface area contributed by atoms with Gasteiger partial charge >= 0.3 is 0 Å². The van der Waals surface area contributed by atoms with Crippen LogP contribution in [-0.2, 0) is 11.2 Å². The van der Waals surface area contributed by atoms with E-state index in [4.69, 9.17) is 0 Å². The minimum atomic E-state index is -0.290. The molecule has 4 rings (SSSR count). The smallest absolute Gasteiger partial charge is 0.227 e. The Hall–Kier alpha value is -2.83. The van der Waals surface area contributed by atoms with Crippen molar-refractivity contribution in [2.75, 3.05) is 13.1 Å². The lowest BCUT2D eigenvalue weighted by molar-refractivity contribution is -0.131. The highest BCUT2D eigenvalue weighted by Crippen LogP contribution is 2.29. The van der Waals surface area contributed by atoms with E-state index in [9.17, 15) is 9.18 Å². The number of H-pyrrole nitrogens is 1. The van der Waals surface area contributed by atoms with Crippen molar-refractivity contribution in [2.45, 2.75) is 25.2 Å². The van der Waals surface area contributed by atoms with Gasteiger partial charge in [-0.15, -0.1) is 0 Å². The Labute approximate surface area is 144 Å². The maximum absolute atomic E-state index is 13.0. The average molecular weight is 339 g/mol. The molecule has 7 heteroatoms. The normalized spacial score (nSPS) is 17.8. The lowest BCUT2D eigenvalue weighted by atomic mass is 9.94. The summed E-state index contributed by atoms with van der Waals surface area (Å²) in [5.41, 5.74) is 3.15. The van der Waals surface area contributed by atoms with Gasteiger partial charge in [-0.2, -0.15) is 5.10 Å². The number of hydrogen-bond donors (Lipinski definition) is 1. The monoisotopic (exact) mass is 339 g/mol. The van der Waals surface area contributed by atoms with Crippen LogP contribution in [0.4, 0.5) is 4.39 Å². The van der Waals surface area contributed by atoms with Gasteiger partial charge < -0.3 is 4.90 Å². The zero-order valence-electron chi connectivity index (χ0n) is 13.7. The summed E-state index contributed by atoms with van der Waals surface area (Å²) in [4.78, 5) is 23.0. The fraction of sp³-hybridized carbons (Fsp3) is 0.333. The zero-order valence-corrected chi connectivity index (χ0v) is 13.7. The Morgan fingerprint density at radius 2 is 2.04 bits per heavy atom. The number of nitrogens with one attached hydrogen (secondary N) is 1. The molecule has 0 radical (unpaired) electrons. The lowest BCUT2D eigenvalue weighted by Gasteiger charge is -2.32. The Morgan fingerprint density at radius 3 is 2.88 bits per heavy atom. The quantitative estimate of drug-likeness (QED) is 0.795. The highest BCUT2D eigenvalue weighted by Gasteiger charge is 2.27. The molecule has 1 amide bonds. The number of likely N-dealkylation sites (tertiary alicyclic amines) is 1. The van der Waals surface area contributed by atoms with Crippen molar-refractivity contribution < 1.29 is 9.18 Å². The molecule has 1 aliphatic rings. The van der Waals surface area contributed by atoms with Gasteiger partial charge in [0.25, 0.3) is 0 Å². The summed E-state index contributed by atoms with van der Waals surface area (Å²) in [5.74, 6) is -0.0553. The Morgan fingerprint density at radius 1 is 1.24 bits per heavy atom. The first-order chi connectivity index (χ1) is 12.2. The van der Waals surface area contributed by atoms with Crippen LogP contribution in [-0.4, -0.2) is 44.1 Å². The van der Waals surface area contributed by atoms with Gasteiger partial charge in [-0.05, 0) is 30.5 Å². The van der Waals surface area contributed by atoms with E-state index >= 15 is 0 Å². The molecule has 0 bridgehead atoms. The summed E-state index contributed by atoms with van der Waals surface area (Å²) < 4.78 is 13.0. The molecule has 1 aliphatic heterocycles. The number of fused-ring (bicyclic) bond motifs is 1. The minimum Gasteiger partial charge on any atom is -0.342 e. The van der Waals surface area contributed by atoms with Crippen molar-refractivity contribution in [1.82, 2.24) is 25.1 Å². The van der Waals surface area contributed by atoms with Crippen LogP contribution >= 0.6 is 0 Å². The van der Waals surface area contributed by atoms with Crippen LogP contribution in [0.5, 0.6) is 0 Å². The lowest BCUT2D eigenvalue weighted by Crippen LogP contribution is -2.40. The summed E-state index contributed by atoms with van der Waals surface area (Å²) in [5, 5.41) is 7.25. The molecule has 1 aromatic carbocycles. The molecular weight excluding hydrogens is 321 g/mol. The SMILES string of the molecule is O=C(Cc1ccc(F)cc1)N1CCCC(c2[nH]nc3nccnc23)C1. The van der Waals surface area contributed by atoms with E-state index in [2.05, 4.69) is 20.2 Å². The molecule has 128 valence electrons. The second-order valence-corrected chi connectivity index (χ2v) is 6.35. The number of carbonyl (C=O) groups excluding carboxylic acids is 1. The van der Waals surface area contributed by atoms with Crippen molar-refractivity contribution in [2.24, 2.45) is 0 Å². The molecule has 1 N–H and O–H groups in total. The van der Waals surface area contributed by atoms with Crippen molar-refractivity contribution in [1.29, 1.82) is 0 Å². The van der Waals surface area contributed by atoms with Gasteiger partial charge in [0.1, 0.15) is 11.3 Å². The van der Waals surface area contributed by atoms with Crippen molar-refractivity contribution in [3.05, 3.63) is 53.7 Å². The molecule has 3 heterocycles. The third-order valence-electron chi connectivity index (χ3n) is 4.67. The maximum atomic E-state index is 13.0. The van der Waals surface area contributed by atoms with Crippen LogP contribution in [0, 0.1) is 5.82 Å². The number of amides is 1. The van der Waals surface area contributed by atoms with Gasteiger partial charge in [-0.3, -0.25) is 9.89 Å². The number of nitrogens with zero attached hydrogens (tertiary/aromatic N) is 4. The number of benzene rings is 1. The van der Waals surface area contributed by atoms with Gasteiger partial charge in [0.15, 0.2) is 5.65 Å². The molecule has 3 aromatic rings. The van der Waals surface area contributed by atoms with Gasteiger partial charge in [-0.1, -0.05) is 12.1 Å². The number of rotatable bonds is 3. The van der Waals surface area contributed by atoms with Gasteiger partial charge in [0.05, 0.1) is 12.1 Å². The number of aromatic nitrogens is 4. The summed E-state index contributed by atoms with van der Waals surface area (Å²) in [6.45, 7) is 1.38. The predicted octanol–water partition coefficient (Wildman–Crippen LogP) is 2.44. The van der Waals surface area contributed by atoms with Crippen LogP contribution < -0.4 is 0 Å². The molecule has 1 atom stereocenters. The molecule has 25 heavy (non-hydrogen) atoms. The van der Waals surface area contributed by atoms with Crippen LogP contribution in [0.1, 0.15) is 30.0 Å². The van der Waals surface area contributed by atoms with E-state index in [0.717, 1.165) is 36.2 Å². The van der Waals surface area contributed by atoms with E-state index in [0.29, 0.717) is 12.2 Å². The van der Waals surface area contributed by atoms with Crippen LogP contribution in [0.15, 0.2) is 36.7 Å². The van der Waals surface area contributed by atoms with Crippen LogP contribution in [0.3, 0.4) is 0 Å². The molecule has 1 unspecified atom stereocenters. The number of aromatic amines is 1. The first-order valence-electron chi connectivity index (χ1n) is 8.38. The number of carbonyl (C=O) groups is 1. The van der Waals surface area contributed by atoms with E-state index in [1.54, 1.807) is 24.5 Å². The average Bonchev–Trinajstić information content (AvgIpc) is 3.08. The second kappa shape index (κ2) is 6.58. The first kappa shape index (κ1) is 15.7. The molecule has 0 saturated carbocycles. The van der Waals surface area contributed by atoms with Gasteiger partial charge in [0, 0.05) is 31.4 Å². The third-order valence-corrected chi connectivity index (χ3v) is 4.67. The van der Waals surface area contributed by atoms with Crippen molar-refractivity contribution >= 4 is 17.1 Å². The highest BCUT2D eigenvalue weighted by molar-refractivity contribution is 5.79. The predicted molar refractivity (Wildman–Crippen MR) is 90.3 cm³/mol. The Bertz CT molecular complexity index is 892. The molecule has 2 aromatic heterocycles. The molecular formula is C18H18FN5O. The minimum absolute atomic E-state index is 0.0613. The maximum Gasteiger partial charge on any atom is 0.227 e. The Kier molecular flexibility index (Phi) is 4.13. The zero-order chi connectivity index (χ0) is 17.2. The van der Waals surface area contributed by atoms with Gasteiger partial charge in [0.2, 0.25) is 5.91 Å². The van der Waals surface area contributed by atoms with E-state index in [1.165, 1.54) is 12.1 Å². The van der Waals surface area contributed by atoms with Crippen LogP contribution in [0.2, 0.25) is 0 Å². The fourth-order valence-corrected chi connectivity index (χ4v) is 3.38. The second-order valence-electron chi connectivity index (χ2n) is 6.35. The van der Waals surface area contributed by atoms with Crippen molar-refractivity contribution in [3.63, 3.8) is 0 Å². The summed E-state index contributed by atoms with van der Waals surface area (Å²) >= 11 is 0. The standard InChI is InChI=1S/C18H18FN5O/c19-14-5-3-12(4-6-14)10-15(25)24-9-1-2-13(11-24)16-17-18(23-22-16)21-8-7-20-17/h3-8,13H,1-2,9-11H2,(H,21,22,23). The first-order valence-corrected chi connectivity index (χ1v) is 8.38. The molecule has 0 aliphatic carbocycles.